The van der Waals surface area contributed by atoms with Crippen LogP contribution in [0.3, 0.4) is 0 Å². The molecule has 2 heterocycles. The van der Waals surface area contributed by atoms with Gasteiger partial charge in [-0.25, -0.2) is 9.78 Å². The van der Waals surface area contributed by atoms with Crippen molar-refractivity contribution < 1.29 is 14.3 Å². The minimum atomic E-state index is -0.628. The van der Waals surface area contributed by atoms with Gasteiger partial charge in [0.2, 0.25) is 0 Å². The second-order valence-corrected chi connectivity index (χ2v) is 6.19. The van der Waals surface area contributed by atoms with Crippen LogP contribution in [-0.4, -0.2) is 34.5 Å². The summed E-state index contributed by atoms with van der Waals surface area (Å²) in [5.74, 6) is -0.514. The minimum absolute atomic E-state index is 0.0250. The average molecular weight is 323 g/mol. The molecule has 0 saturated carbocycles. The number of nitrogens with one attached hydrogen (secondary N) is 2. The third kappa shape index (κ3) is 3.33. The van der Waals surface area contributed by atoms with E-state index in [0.717, 1.165) is 11.3 Å². The van der Waals surface area contributed by atoms with Gasteiger partial charge in [0, 0.05) is 6.04 Å². The van der Waals surface area contributed by atoms with E-state index in [0.29, 0.717) is 21.6 Å². The Hall–Kier alpha value is -2.22. The number of thiophene rings is 1. The highest BCUT2D eigenvalue weighted by atomic mass is 32.1. The molecule has 0 aliphatic heterocycles. The third-order valence-corrected chi connectivity index (χ3v) is 4.05. The van der Waals surface area contributed by atoms with E-state index in [1.165, 1.54) is 0 Å². The van der Waals surface area contributed by atoms with Crippen LogP contribution in [-0.2, 0) is 9.53 Å². The van der Waals surface area contributed by atoms with Gasteiger partial charge in [-0.1, -0.05) is 0 Å². The molecule has 118 valence electrons. The number of esters is 1. The van der Waals surface area contributed by atoms with Gasteiger partial charge in [-0.3, -0.25) is 9.59 Å². The van der Waals surface area contributed by atoms with E-state index in [9.17, 15) is 14.4 Å². The molecule has 0 radical (unpaired) electrons. The number of carbonyl (C=O) groups is 2. The normalized spacial score (nSPS) is 11.0. The molecule has 0 spiro atoms. The quantitative estimate of drug-likeness (QED) is 0.826. The van der Waals surface area contributed by atoms with Crippen LogP contribution in [0.4, 0.5) is 0 Å². The molecular weight excluding hydrogens is 306 g/mol. The molecule has 0 atom stereocenters. The molecule has 2 rings (SSSR count). The van der Waals surface area contributed by atoms with E-state index in [1.54, 1.807) is 13.8 Å². The van der Waals surface area contributed by atoms with Crippen molar-refractivity contribution in [1.82, 2.24) is 15.3 Å². The number of ether oxygens (including phenoxy) is 1. The Bertz CT molecular complexity index is 791. The van der Waals surface area contributed by atoms with Crippen LogP contribution >= 0.6 is 11.3 Å². The second-order valence-electron chi connectivity index (χ2n) is 5.19. The fourth-order valence-electron chi connectivity index (χ4n) is 2.01. The van der Waals surface area contributed by atoms with Crippen LogP contribution in [0.5, 0.6) is 0 Å². The van der Waals surface area contributed by atoms with Crippen LogP contribution in [0, 0.1) is 13.8 Å². The van der Waals surface area contributed by atoms with Crippen molar-refractivity contribution in [3.8, 4) is 0 Å². The van der Waals surface area contributed by atoms with Crippen LogP contribution in [0.1, 0.15) is 34.9 Å². The first kappa shape index (κ1) is 16.2. The summed E-state index contributed by atoms with van der Waals surface area (Å²) in [7, 11) is 0. The number of aromatic amines is 1. The van der Waals surface area contributed by atoms with Gasteiger partial charge in [-0.05, 0) is 33.3 Å². The topological polar surface area (TPSA) is 101 Å². The van der Waals surface area contributed by atoms with Crippen molar-refractivity contribution in [2.75, 3.05) is 6.61 Å². The molecule has 0 aromatic carbocycles. The van der Waals surface area contributed by atoms with Gasteiger partial charge in [0.05, 0.1) is 5.39 Å². The van der Waals surface area contributed by atoms with Gasteiger partial charge in [0.15, 0.2) is 6.61 Å². The highest BCUT2D eigenvalue weighted by Gasteiger charge is 2.20. The molecule has 2 aromatic heterocycles. The predicted molar refractivity (Wildman–Crippen MR) is 83.3 cm³/mol. The van der Waals surface area contributed by atoms with Gasteiger partial charge in [0.25, 0.3) is 11.5 Å². The maximum atomic E-state index is 12.1. The molecule has 2 aromatic rings. The van der Waals surface area contributed by atoms with Gasteiger partial charge in [-0.15, -0.1) is 11.3 Å². The van der Waals surface area contributed by atoms with Gasteiger partial charge in [0.1, 0.15) is 15.5 Å². The highest BCUT2D eigenvalue weighted by Crippen LogP contribution is 2.27. The summed E-state index contributed by atoms with van der Waals surface area (Å²) < 4.78 is 4.99. The second kappa shape index (κ2) is 6.27. The third-order valence-electron chi connectivity index (χ3n) is 2.89. The zero-order valence-corrected chi connectivity index (χ0v) is 13.6. The molecule has 0 bridgehead atoms. The summed E-state index contributed by atoms with van der Waals surface area (Å²) in [5.41, 5.74) is 0.232. The number of aryl methyl sites for hydroxylation is 2. The molecule has 0 fully saturated rings. The monoisotopic (exact) mass is 323 g/mol. The zero-order valence-electron chi connectivity index (χ0n) is 12.8. The van der Waals surface area contributed by atoms with Crippen molar-refractivity contribution in [3.63, 3.8) is 0 Å². The summed E-state index contributed by atoms with van der Waals surface area (Å²) in [6, 6.07) is -0.0250. The molecule has 7 nitrogen and oxygen atoms in total. The first-order chi connectivity index (χ1) is 10.3. The molecule has 0 unspecified atom stereocenters. The minimum Gasteiger partial charge on any atom is -0.451 e. The first-order valence-corrected chi connectivity index (χ1v) is 7.57. The molecular formula is C14H17N3O4S. The van der Waals surface area contributed by atoms with Gasteiger partial charge >= 0.3 is 5.97 Å². The first-order valence-electron chi connectivity index (χ1n) is 6.76. The SMILES string of the molecule is Cc1nc2sc(C(=O)OCC(=O)NC(C)C)c(C)c2c(=O)[nH]1. The number of aromatic nitrogens is 2. The highest BCUT2D eigenvalue weighted by molar-refractivity contribution is 7.20. The van der Waals surface area contributed by atoms with Gasteiger partial charge in [-0.2, -0.15) is 0 Å². The molecule has 1 amide bonds. The lowest BCUT2D eigenvalue weighted by molar-refractivity contribution is -0.124. The van der Waals surface area contributed by atoms with E-state index in [-0.39, 0.29) is 29.0 Å². The van der Waals surface area contributed by atoms with E-state index >= 15 is 0 Å². The summed E-state index contributed by atoms with van der Waals surface area (Å²) >= 11 is 1.09. The maximum absolute atomic E-state index is 12.1. The Morgan fingerprint density at radius 1 is 1.36 bits per heavy atom. The molecule has 0 saturated heterocycles. The zero-order chi connectivity index (χ0) is 16.4. The number of carbonyl (C=O) groups excluding carboxylic acids is 2. The number of fused-ring (bicyclic) bond motifs is 1. The van der Waals surface area contributed by atoms with Crippen molar-refractivity contribution in [3.05, 3.63) is 26.6 Å². The van der Waals surface area contributed by atoms with Gasteiger partial charge < -0.3 is 15.0 Å². The Balaban J connectivity index is 2.22. The van der Waals surface area contributed by atoms with E-state index < -0.39 is 5.97 Å². The molecule has 2 N–H and O–H groups in total. The Kier molecular flexibility index (Phi) is 4.60. The van der Waals surface area contributed by atoms with E-state index in [4.69, 9.17) is 4.74 Å². The lowest BCUT2D eigenvalue weighted by Gasteiger charge is -2.08. The Morgan fingerprint density at radius 3 is 2.68 bits per heavy atom. The summed E-state index contributed by atoms with van der Waals surface area (Å²) in [4.78, 5) is 43.1. The van der Waals surface area contributed by atoms with Crippen molar-refractivity contribution >= 4 is 33.4 Å². The van der Waals surface area contributed by atoms with Crippen molar-refractivity contribution in [2.45, 2.75) is 33.7 Å². The number of nitrogens with zero attached hydrogens (tertiary/aromatic N) is 1. The lowest BCUT2D eigenvalue weighted by atomic mass is 10.2. The summed E-state index contributed by atoms with van der Waals surface area (Å²) in [6.07, 6.45) is 0. The molecule has 0 aliphatic rings. The predicted octanol–water partition coefficient (Wildman–Crippen LogP) is 1.28. The van der Waals surface area contributed by atoms with Crippen LogP contribution < -0.4 is 10.9 Å². The molecule has 22 heavy (non-hydrogen) atoms. The molecule has 0 aliphatic carbocycles. The lowest BCUT2D eigenvalue weighted by Crippen LogP contribution is -2.33. The summed E-state index contributed by atoms with van der Waals surface area (Å²) in [6.45, 7) is 6.61. The number of hydrogen-bond donors (Lipinski definition) is 2. The fourth-order valence-corrected chi connectivity index (χ4v) is 3.13. The number of hydrogen-bond acceptors (Lipinski definition) is 6. The van der Waals surface area contributed by atoms with Crippen LogP contribution in [0.15, 0.2) is 4.79 Å². The standard InChI is InChI=1S/C14H17N3O4S/c1-6(2)15-9(18)5-21-14(20)11-7(3)10-12(19)16-8(4)17-13(10)22-11/h6H,5H2,1-4H3,(H,15,18)(H,16,17,19). The van der Waals surface area contributed by atoms with E-state index in [2.05, 4.69) is 15.3 Å². The fraction of sp³-hybridized carbons (Fsp3) is 0.429. The smallest absolute Gasteiger partial charge is 0.349 e. The maximum Gasteiger partial charge on any atom is 0.349 e. The Morgan fingerprint density at radius 2 is 2.05 bits per heavy atom. The number of H-pyrrole nitrogens is 1. The number of rotatable bonds is 4. The average Bonchev–Trinajstić information content (AvgIpc) is 2.72. The number of amides is 1. The summed E-state index contributed by atoms with van der Waals surface area (Å²) in [5, 5.41) is 3.01. The van der Waals surface area contributed by atoms with E-state index in [1.807, 2.05) is 13.8 Å². The van der Waals surface area contributed by atoms with Crippen molar-refractivity contribution in [2.24, 2.45) is 0 Å². The largest absolute Gasteiger partial charge is 0.451 e. The van der Waals surface area contributed by atoms with Crippen LogP contribution in [0.2, 0.25) is 0 Å². The van der Waals surface area contributed by atoms with Crippen LogP contribution in [0.25, 0.3) is 10.2 Å². The Labute approximate surface area is 130 Å². The van der Waals surface area contributed by atoms with Crippen molar-refractivity contribution in [1.29, 1.82) is 0 Å². The molecule has 8 heteroatoms.